The van der Waals surface area contributed by atoms with Crippen molar-refractivity contribution in [1.82, 2.24) is 15.0 Å². The van der Waals surface area contributed by atoms with Crippen LogP contribution in [0.25, 0.3) is 11.4 Å². The van der Waals surface area contributed by atoms with Gasteiger partial charge in [0.1, 0.15) is 0 Å². The van der Waals surface area contributed by atoms with Crippen molar-refractivity contribution in [1.29, 1.82) is 0 Å². The van der Waals surface area contributed by atoms with Gasteiger partial charge in [0.25, 0.3) is 5.91 Å². The smallest absolute Gasteiger partial charge is 0.253 e. The minimum Gasteiger partial charge on any atom is -0.388 e. The highest BCUT2D eigenvalue weighted by molar-refractivity contribution is 5.94. The Morgan fingerprint density at radius 2 is 2.04 bits per heavy atom. The molecule has 1 aliphatic carbocycles. The number of nitrogens with zero attached hydrogens (tertiary/aromatic N) is 3. The van der Waals surface area contributed by atoms with E-state index in [2.05, 4.69) is 10.1 Å². The molecule has 1 aromatic heterocycles. The first-order valence-corrected chi connectivity index (χ1v) is 8.58. The summed E-state index contributed by atoms with van der Waals surface area (Å²) in [5.74, 6) is 1.47. The molecular formula is C18H21N3O4. The molecule has 0 bridgehead atoms. The van der Waals surface area contributed by atoms with E-state index in [1.807, 2.05) is 0 Å². The van der Waals surface area contributed by atoms with Crippen LogP contribution in [0.4, 0.5) is 0 Å². The van der Waals surface area contributed by atoms with Crippen LogP contribution in [0.1, 0.15) is 48.4 Å². The second kappa shape index (κ2) is 5.93. The molecule has 1 amide bonds. The molecule has 7 nitrogen and oxygen atoms in total. The lowest BCUT2D eigenvalue weighted by atomic mass is 9.90. The molecule has 4 rings (SSSR count). The third-order valence-electron chi connectivity index (χ3n) is 5.04. The average molecular weight is 343 g/mol. The van der Waals surface area contributed by atoms with Crippen molar-refractivity contribution in [2.24, 2.45) is 0 Å². The molecule has 2 aromatic rings. The molecule has 2 aliphatic rings. The van der Waals surface area contributed by atoms with Crippen molar-refractivity contribution in [3.05, 3.63) is 35.7 Å². The minimum absolute atomic E-state index is 0.128. The van der Waals surface area contributed by atoms with E-state index in [1.54, 1.807) is 36.1 Å². The van der Waals surface area contributed by atoms with Crippen LogP contribution < -0.4 is 0 Å². The summed E-state index contributed by atoms with van der Waals surface area (Å²) in [5.41, 5.74) is 0.190. The maximum absolute atomic E-state index is 12.6. The van der Waals surface area contributed by atoms with Crippen molar-refractivity contribution >= 4 is 5.91 Å². The molecule has 132 valence electrons. The van der Waals surface area contributed by atoms with E-state index in [4.69, 9.17) is 4.52 Å². The van der Waals surface area contributed by atoms with Crippen molar-refractivity contribution in [2.75, 3.05) is 13.1 Å². The Morgan fingerprint density at radius 3 is 2.68 bits per heavy atom. The monoisotopic (exact) mass is 343 g/mol. The maximum atomic E-state index is 12.6. The number of aliphatic hydroxyl groups excluding tert-OH is 1. The van der Waals surface area contributed by atoms with Gasteiger partial charge >= 0.3 is 0 Å². The second-order valence-electron chi connectivity index (χ2n) is 7.18. The van der Waals surface area contributed by atoms with Crippen LogP contribution in [-0.2, 0) is 0 Å². The first-order chi connectivity index (χ1) is 11.9. The number of carbonyl (C=O) groups is 1. The normalized spacial score (nSPS) is 26.7. The van der Waals surface area contributed by atoms with Crippen LogP contribution in [0.5, 0.6) is 0 Å². The number of rotatable bonds is 3. The van der Waals surface area contributed by atoms with Gasteiger partial charge in [0.05, 0.1) is 11.7 Å². The highest BCUT2D eigenvalue weighted by atomic mass is 16.5. The quantitative estimate of drug-likeness (QED) is 0.877. The van der Waals surface area contributed by atoms with Crippen LogP contribution >= 0.6 is 0 Å². The molecule has 1 saturated carbocycles. The Kier molecular flexibility index (Phi) is 3.85. The van der Waals surface area contributed by atoms with Gasteiger partial charge in [-0.3, -0.25) is 4.79 Å². The summed E-state index contributed by atoms with van der Waals surface area (Å²) in [6, 6.07) is 7.05. The predicted octanol–water partition coefficient (Wildman–Crippen LogP) is 1.57. The fraction of sp³-hybridized carbons (Fsp3) is 0.500. The Morgan fingerprint density at radius 1 is 1.32 bits per heavy atom. The first kappa shape index (κ1) is 16.2. The third kappa shape index (κ3) is 3.17. The molecule has 2 fully saturated rings. The summed E-state index contributed by atoms with van der Waals surface area (Å²) in [6.45, 7) is 2.14. The van der Waals surface area contributed by atoms with E-state index in [9.17, 15) is 15.0 Å². The van der Waals surface area contributed by atoms with Crippen molar-refractivity contribution in [2.45, 2.75) is 43.8 Å². The molecular weight excluding hydrogens is 322 g/mol. The fourth-order valence-corrected chi connectivity index (χ4v) is 3.00. The summed E-state index contributed by atoms with van der Waals surface area (Å²) in [4.78, 5) is 18.6. The molecule has 0 unspecified atom stereocenters. The Hall–Kier alpha value is -2.25. The van der Waals surface area contributed by atoms with E-state index >= 15 is 0 Å². The number of likely N-dealkylation sites (tertiary alicyclic amines) is 1. The number of hydrogen-bond donors (Lipinski definition) is 2. The molecule has 7 heteroatoms. The Bertz CT molecular complexity index is 780. The lowest BCUT2D eigenvalue weighted by Gasteiger charge is -2.39. The van der Waals surface area contributed by atoms with Crippen LogP contribution in [0.3, 0.4) is 0 Å². The van der Waals surface area contributed by atoms with Crippen molar-refractivity contribution < 1.29 is 19.5 Å². The van der Waals surface area contributed by atoms with Crippen molar-refractivity contribution in [3.63, 3.8) is 0 Å². The van der Waals surface area contributed by atoms with Gasteiger partial charge in [-0.15, -0.1) is 0 Å². The number of benzene rings is 1. The van der Waals surface area contributed by atoms with Crippen molar-refractivity contribution in [3.8, 4) is 11.4 Å². The summed E-state index contributed by atoms with van der Waals surface area (Å²) in [6.07, 6.45) is 1.61. The van der Waals surface area contributed by atoms with Crippen LogP contribution in [0.15, 0.2) is 28.8 Å². The van der Waals surface area contributed by atoms with Gasteiger partial charge in [-0.25, -0.2) is 0 Å². The average Bonchev–Trinajstić information content (AvgIpc) is 3.34. The lowest BCUT2D eigenvalue weighted by molar-refractivity contribution is -0.0999. The zero-order valence-corrected chi connectivity index (χ0v) is 14.1. The predicted molar refractivity (Wildman–Crippen MR) is 88.9 cm³/mol. The van der Waals surface area contributed by atoms with Crippen LogP contribution in [0.2, 0.25) is 0 Å². The van der Waals surface area contributed by atoms with E-state index in [-0.39, 0.29) is 12.5 Å². The van der Waals surface area contributed by atoms with Gasteiger partial charge < -0.3 is 19.6 Å². The Balaban J connectivity index is 1.47. The zero-order valence-electron chi connectivity index (χ0n) is 14.1. The third-order valence-corrected chi connectivity index (χ3v) is 5.04. The molecule has 2 heterocycles. The molecule has 2 atom stereocenters. The van der Waals surface area contributed by atoms with E-state index in [0.717, 1.165) is 18.4 Å². The molecule has 0 radical (unpaired) electrons. The first-order valence-electron chi connectivity index (χ1n) is 8.58. The van der Waals surface area contributed by atoms with E-state index in [0.29, 0.717) is 36.2 Å². The number of aromatic nitrogens is 2. The second-order valence-corrected chi connectivity index (χ2v) is 7.18. The number of piperidine rings is 1. The van der Waals surface area contributed by atoms with Gasteiger partial charge in [0.15, 0.2) is 0 Å². The van der Waals surface area contributed by atoms with Gasteiger partial charge in [0.2, 0.25) is 11.7 Å². The summed E-state index contributed by atoms with van der Waals surface area (Å²) in [7, 11) is 0. The summed E-state index contributed by atoms with van der Waals surface area (Å²) >= 11 is 0. The number of aliphatic hydroxyl groups is 2. The molecule has 1 saturated heterocycles. The number of β-amino-alcohol motifs (C(OH)–C–C–N with tert-alkyl or cyclic N) is 1. The summed E-state index contributed by atoms with van der Waals surface area (Å²) < 4.78 is 5.26. The van der Waals surface area contributed by atoms with Crippen LogP contribution in [-0.4, -0.2) is 56.0 Å². The van der Waals surface area contributed by atoms with E-state index in [1.165, 1.54) is 0 Å². The molecule has 0 spiro atoms. The summed E-state index contributed by atoms with van der Waals surface area (Å²) in [5, 5.41) is 24.0. The number of carbonyl (C=O) groups excluding carboxylic acids is 1. The Labute approximate surface area is 145 Å². The molecule has 1 aromatic carbocycles. The van der Waals surface area contributed by atoms with E-state index < -0.39 is 11.7 Å². The zero-order chi connectivity index (χ0) is 17.6. The highest BCUT2D eigenvalue weighted by Crippen LogP contribution is 2.39. The molecule has 2 N–H and O–H groups in total. The van der Waals surface area contributed by atoms with Gasteiger partial charge in [-0.2, -0.15) is 4.98 Å². The van der Waals surface area contributed by atoms with Gasteiger partial charge in [-0.05, 0) is 38.3 Å². The lowest BCUT2D eigenvalue weighted by Crippen LogP contribution is -2.55. The fourth-order valence-electron chi connectivity index (χ4n) is 3.00. The minimum atomic E-state index is -1.14. The topological polar surface area (TPSA) is 99.7 Å². The number of hydrogen-bond acceptors (Lipinski definition) is 6. The number of amides is 1. The van der Waals surface area contributed by atoms with Gasteiger partial charge in [0, 0.05) is 30.1 Å². The standard InChI is InChI=1S/C18H21N3O4/c1-18(24)8-9-21(10-14(18)22)17(23)13-6-2-11(3-7-13)15-19-16(25-20-15)12-4-5-12/h2-3,6-7,12,14,22,24H,4-5,8-10H2,1H3/t14-,18+/m0/s1. The SMILES string of the molecule is C[C@@]1(O)CCN(C(=O)c2ccc(-c3noc(C4CC4)n3)cc2)C[C@@H]1O. The molecule has 25 heavy (non-hydrogen) atoms. The van der Waals surface area contributed by atoms with Crippen LogP contribution in [0, 0.1) is 0 Å². The van der Waals surface area contributed by atoms with Gasteiger partial charge in [-0.1, -0.05) is 17.3 Å². The molecule has 1 aliphatic heterocycles. The largest absolute Gasteiger partial charge is 0.388 e. The maximum Gasteiger partial charge on any atom is 0.253 e. The highest BCUT2D eigenvalue weighted by Gasteiger charge is 2.38.